The molecular weight excluding hydrogens is 362 g/mol. The summed E-state index contributed by atoms with van der Waals surface area (Å²) in [5, 5.41) is 3.22. The van der Waals surface area contributed by atoms with Crippen molar-refractivity contribution in [3.63, 3.8) is 0 Å². The second-order valence-corrected chi connectivity index (χ2v) is 8.92. The van der Waals surface area contributed by atoms with Gasteiger partial charge in [-0.05, 0) is 31.2 Å². The van der Waals surface area contributed by atoms with Gasteiger partial charge in [0.05, 0.1) is 12.7 Å². The fourth-order valence-electron chi connectivity index (χ4n) is 4.72. The number of carbonyl (C=O) groups excluding carboxylic acids is 1. The van der Waals surface area contributed by atoms with E-state index in [4.69, 9.17) is 15.9 Å². The van der Waals surface area contributed by atoms with Crippen molar-refractivity contribution in [2.75, 3.05) is 7.11 Å². The van der Waals surface area contributed by atoms with Gasteiger partial charge in [0, 0.05) is 28.5 Å². The highest BCUT2D eigenvalue weighted by atomic mass is 16.5. The molecule has 0 aliphatic heterocycles. The zero-order valence-electron chi connectivity index (χ0n) is 18.0. The Morgan fingerprint density at radius 2 is 1.69 bits per heavy atom. The number of nitrogens with one attached hydrogen (secondary N) is 1. The van der Waals surface area contributed by atoms with Gasteiger partial charge < -0.3 is 14.8 Å². The van der Waals surface area contributed by atoms with Crippen LogP contribution in [0.5, 0.6) is 11.5 Å². The Hall–Kier alpha value is -2.93. The standard InChI is InChI=1S/C25H29NO3/c1-8-17-13-14-19(15-20(17)28-7)29-23-24(3,4)22(25(23,5)6)26-21(27)18-11-9-16(2)10-12-18/h1,9-15,22-23H,2-7H3,(H,26,27). The largest absolute Gasteiger partial charge is 0.495 e. The van der Waals surface area contributed by atoms with E-state index in [2.05, 4.69) is 38.9 Å². The first-order valence-corrected chi connectivity index (χ1v) is 9.80. The van der Waals surface area contributed by atoms with E-state index < -0.39 is 0 Å². The van der Waals surface area contributed by atoms with Crippen LogP contribution in [0.1, 0.15) is 49.2 Å². The summed E-state index contributed by atoms with van der Waals surface area (Å²) in [5.41, 5.74) is 1.99. The number of methoxy groups -OCH3 is 1. The lowest BCUT2D eigenvalue weighted by Crippen LogP contribution is -2.74. The van der Waals surface area contributed by atoms with Crippen molar-refractivity contribution in [2.24, 2.45) is 10.8 Å². The topological polar surface area (TPSA) is 47.6 Å². The third kappa shape index (κ3) is 3.70. The monoisotopic (exact) mass is 391 g/mol. The lowest BCUT2D eigenvalue weighted by atomic mass is 9.49. The minimum absolute atomic E-state index is 0.0271. The Kier molecular flexibility index (Phi) is 5.36. The average molecular weight is 392 g/mol. The molecule has 3 rings (SSSR count). The predicted molar refractivity (Wildman–Crippen MR) is 115 cm³/mol. The molecule has 0 aromatic heterocycles. The van der Waals surface area contributed by atoms with Gasteiger partial charge in [-0.15, -0.1) is 6.42 Å². The van der Waals surface area contributed by atoms with E-state index in [1.54, 1.807) is 7.11 Å². The van der Waals surface area contributed by atoms with Crippen LogP contribution in [0.2, 0.25) is 0 Å². The van der Waals surface area contributed by atoms with Crippen molar-refractivity contribution in [3.05, 3.63) is 59.2 Å². The van der Waals surface area contributed by atoms with Gasteiger partial charge in [0.1, 0.15) is 17.6 Å². The molecule has 2 aromatic rings. The number of terminal acetylenes is 1. The molecule has 1 N–H and O–H groups in total. The summed E-state index contributed by atoms with van der Waals surface area (Å²) < 4.78 is 11.7. The van der Waals surface area contributed by atoms with Crippen LogP contribution in [0.4, 0.5) is 0 Å². The van der Waals surface area contributed by atoms with Gasteiger partial charge in [-0.3, -0.25) is 4.79 Å². The normalized spacial score (nSPS) is 21.4. The summed E-state index contributed by atoms with van der Waals surface area (Å²) in [6, 6.07) is 13.1. The van der Waals surface area contributed by atoms with E-state index in [1.807, 2.05) is 49.4 Å². The van der Waals surface area contributed by atoms with Crippen molar-refractivity contribution >= 4 is 5.91 Å². The van der Waals surface area contributed by atoms with E-state index in [1.165, 1.54) is 0 Å². The summed E-state index contributed by atoms with van der Waals surface area (Å²) in [6.45, 7) is 10.5. The first-order chi connectivity index (χ1) is 13.6. The number of benzene rings is 2. The molecule has 4 heteroatoms. The maximum atomic E-state index is 12.8. The van der Waals surface area contributed by atoms with E-state index in [0.717, 1.165) is 5.56 Å². The van der Waals surface area contributed by atoms with Crippen molar-refractivity contribution in [1.29, 1.82) is 0 Å². The van der Waals surface area contributed by atoms with Gasteiger partial charge in [-0.2, -0.15) is 0 Å². The smallest absolute Gasteiger partial charge is 0.251 e. The number of ether oxygens (including phenoxy) is 2. The number of carbonyl (C=O) groups is 1. The zero-order valence-corrected chi connectivity index (χ0v) is 18.0. The molecule has 0 spiro atoms. The third-order valence-electron chi connectivity index (χ3n) is 6.01. The Morgan fingerprint density at radius 3 is 2.24 bits per heavy atom. The number of hydrogen-bond acceptors (Lipinski definition) is 3. The predicted octanol–water partition coefficient (Wildman–Crippen LogP) is 4.60. The van der Waals surface area contributed by atoms with Crippen molar-refractivity contribution in [1.82, 2.24) is 5.32 Å². The van der Waals surface area contributed by atoms with E-state index in [9.17, 15) is 4.79 Å². The SMILES string of the molecule is C#Cc1ccc(OC2C(C)(C)C(NC(=O)c3ccc(C)cc3)C2(C)C)cc1OC. The molecule has 1 aliphatic rings. The highest BCUT2D eigenvalue weighted by Gasteiger charge is 2.64. The van der Waals surface area contributed by atoms with Crippen LogP contribution in [0.15, 0.2) is 42.5 Å². The summed E-state index contributed by atoms with van der Waals surface area (Å²) >= 11 is 0. The maximum absolute atomic E-state index is 12.8. The Morgan fingerprint density at radius 1 is 1.07 bits per heavy atom. The van der Waals surface area contributed by atoms with Crippen LogP contribution in [-0.2, 0) is 0 Å². The van der Waals surface area contributed by atoms with E-state index >= 15 is 0 Å². The number of hydrogen-bond donors (Lipinski definition) is 1. The molecule has 2 aromatic carbocycles. The van der Waals surface area contributed by atoms with Gasteiger partial charge in [0.2, 0.25) is 0 Å². The van der Waals surface area contributed by atoms with Crippen molar-refractivity contribution in [2.45, 2.75) is 46.8 Å². The molecule has 1 amide bonds. The second kappa shape index (κ2) is 7.48. The fraction of sp³-hybridized carbons (Fsp3) is 0.400. The molecule has 0 radical (unpaired) electrons. The first kappa shape index (κ1) is 20.8. The Balaban J connectivity index is 1.77. The van der Waals surface area contributed by atoms with Crippen LogP contribution in [-0.4, -0.2) is 25.2 Å². The molecule has 0 atom stereocenters. The third-order valence-corrected chi connectivity index (χ3v) is 6.01. The number of aryl methyl sites for hydroxylation is 1. The summed E-state index contributed by atoms with van der Waals surface area (Å²) in [5.74, 6) is 3.87. The Bertz CT molecular complexity index is 935. The van der Waals surface area contributed by atoms with Gasteiger partial charge in [-0.1, -0.05) is 51.3 Å². The van der Waals surface area contributed by atoms with Crippen molar-refractivity contribution < 1.29 is 14.3 Å². The summed E-state index contributed by atoms with van der Waals surface area (Å²) in [4.78, 5) is 12.8. The summed E-state index contributed by atoms with van der Waals surface area (Å²) in [6.07, 6.45) is 5.43. The minimum atomic E-state index is -0.248. The van der Waals surface area contributed by atoms with E-state index in [-0.39, 0.29) is 28.9 Å². The summed E-state index contributed by atoms with van der Waals surface area (Å²) in [7, 11) is 1.59. The molecular formula is C25H29NO3. The molecule has 29 heavy (non-hydrogen) atoms. The molecule has 4 nitrogen and oxygen atoms in total. The maximum Gasteiger partial charge on any atom is 0.251 e. The van der Waals surface area contributed by atoms with Gasteiger partial charge in [0.15, 0.2) is 0 Å². The van der Waals surface area contributed by atoms with Crippen LogP contribution >= 0.6 is 0 Å². The number of rotatable bonds is 5. The highest BCUT2D eigenvalue weighted by Crippen LogP contribution is 2.55. The molecule has 0 saturated heterocycles. The van der Waals surface area contributed by atoms with Crippen molar-refractivity contribution in [3.8, 4) is 23.8 Å². The first-order valence-electron chi connectivity index (χ1n) is 9.80. The van der Waals surface area contributed by atoms with Gasteiger partial charge >= 0.3 is 0 Å². The Labute approximate surface area is 173 Å². The van der Waals surface area contributed by atoms with Gasteiger partial charge in [0.25, 0.3) is 5.91 Å². The molecule has 152 valence electrons. The van der Waals surface area contributed by atoms with Crippen LogP contribution in [0.3, 0.4) is 0 Å². The minimum Gasteiger partial charge on any atom is -0.495 e. The second-order valence-electron chi connectivity index (χ2n) is 8.92. The molecule has 0 heterocycles. The highest BCUT2D eigenvalue weighted by molar-refractivity contribution is 5.94. The van der Waals surface area contributed by atoms with Crippen LogP contribution in [0.25, 0.3) is 0 Å². The zero-order chi connectivity index (χ0) is 21.4. The molecule has 1 aliphatic carbocycles. The molecule has 1 saturated carbocycles. The molecule has 1 fully saturated rings. The van der Waals surface area contributed by atoms with E-state index in [0.29, 0.717) is 22.6 Å². The molecule has 0 unspecified atom stereocenters. The lowest BCUT2D eigenvalue weighted by Gasteiger charge is -2.63. The average Bonchev–Trinajstić information content (AvgIpc) is 2.69. The quantitative estimate of drug-likeness (QED) is 0.758. The van der Waals surface area contributed by atoms with Crippen LogP contribution in [0, 0.1) is 30.1 Å². The number of amides is 1. The van der Waals surface area contributed by atoms with Gasteiger partial charge in [-0.25, -0.2) is 0 Å². The fourth-order valence-corrected chi connectivity index (χ4v) is 4.72. The van der Waals surface area contributed by atoms with Crippen LogP contribution < -0.4 is 14.8 Å². The lowest BCUT2D eigenvalue weighted by molar-refractivity contribution is -0.164. The molecule has 0 bridgehead atoms.